The molecule has 1 aromatic heterocycles. The molecule has 16 heavy (non-hydrogen) atoms. The number of aromatic nitrogens is 1. The SMILES string of the molecule is Cc1ccc(-c2ccccn2)c(C(=O)O)c1. The first kappa shape index (κ1) is 10.4. The van der Waals surface area contributed by atoms with Crippen LogP contribution in [0.15, 0.2) is 42.6 Å². The van der Waals surface area contributed by atoms with Crippen LogP contribution in [0.25, 0.3) is 11.3 Å². The summed E-state index contributed by atoms with van der Waals surface area (Å²) in [6.07, 6.45) is 1.65. The van der Waals surface area contributed by atoms with E-state index in [4.69, 9.17) is 5.11 Å². The summed E-state index contributed by atoms with van der Waals surface area (Å²) < 4.78 is 0. The predicted octanol–water partition coefficient (Wildman–Crippen LogP) is 2.76. The molecular formula is C13H11NO2. The van der Waals surface area contributed by atoms with Gasteiger partial charge in [0, 0.05) is 11.8 Å². The topological polar surface area (TPSA) is 50.2 Å². The second kappa shape index (κ2) is 4.14. The first-order valence-corrected chi connectivity index (χ1v) is 4.94. The summed E-state index contributed by atoms with van der Waals surface area (Å²) in [5, 5.41) is 9.12. The molecule has 0 aliphatic rings. The van der Waals surface area contributed by atoms with Gasteiger partial charge < -0.3 is 5.11 Å². The van der Waals surface area contributed by atoms with Gasteiger partial charge in [-0.3, -0.25) is 4.98 Å². The lowest BCUT2D eigenvalue weighted by Crippen LogP contribution is -2.00. The Morgan fingerprint density at radius 2 is 2.06 bits per heavy atom. The zero-order valence-electron chi connectivity index (χ0n) is 8.84. The van der Waals surface area contributed by atoms with Crippen molar-refractivity contribution in [3.63, 3.8) is 0 Å². The molecule has 0 amide bonds. The molecule has 0 aliphatic carbocycles. The normalized spacial score (nSPS) is 10.1. The summed E-state index contributed by atoms with van der Waals surface area (Å²) in [6, 6.07) is 10.8. The average Bonchev–Trinajstić information content (AvgIpc) is 2.30. The largest absolute Gasteiger partial charge is 0.478 e. The smallest absolute Gasteiger partial charge is 0.336 e. The van der Waals surface area contributed by atoms with Crippen molar-refractivity contribution in [3.05, 3.63) is 53.7 Å². The minimum absolute atomic E-state index is 0.290. The molecule has 3 heteroatoms. The number of rotatable bonds is 2. The van der Waals surface area contributed by atoms with Gasteiger partial charge in [-0.15, -0.1) is 0 Å². The number of aryl methyl sites for hydroxylation is 1. The number of aromatic carboxylic acids is 1. The van der Waals surface area contributed by atoms with E-state index in [9.17, 15) is 4.79 Å². The standard InChI is InChI=1S/C13H11NO2/c1-9-5-6-10(11(8-9)13(15)16)12-4-2-3-7-14-12/h2-8H,1H3,(H,15,16). The molecule has 2 rings (SSSR count). The van der Waals surface area contributed by atoms with Gasteiger partial charge in [0.1, 0.15) is 0 Å². The van der Waals surface area contributed by atoms with Crippen LogP contribution in [0.2, 0.25) is 0 Å². The van der Waals surface area contributed by atoms with E-state index in [1.54, 1.807) is 30.5 Å². The number of pyridine rings is 1. The maximum absolute atomic E-state index is 11.1. The molecule has 0 unspecified atom stereocenters. The van der Waals surface area contributed by atoms with Crippen molar-refractivity contribution in [1.29, 1.82) is 0 Å². The van der Waals surface area contributed by atoms with E-state index in [1.807, 2.05) is 19.1 Å². The fourth-order valence-corrected chi connectivity index (χ4v) is 1.58. The van der Waals surface area contributed by atoms with Crippen LogP contribution in [0.5, 0.6) is 0 Å². The number of hydrogen-bond acceptors (Lipinski definition) is 2. The predicted molar refractivity (Wildman–Crippen MR) is 61.4 cm³/mol. The molecule has 0 saturated heterocycles. The third kappa shape index (κ3) is 1.93. The Kier molecular flexibility index (Phi) is 2.68. The number of carboxylic acids is 1. The Bertz CT molecular complexity index is 521. The Labute approximate surface area is 93.4 Å². The first-order valence-electron chi connectivity index (χ1n) is 4.94. The molecule has 1 aromatic carbocycles. The van der Waals surface area contributed by atoms with Gasteiger partial charge in [0.25, 0.3) is 0 Å². The summed E-state index contributed by atoms with van der Waals surface area (Å²) in [6.45, 7) is 1.87. The van der Waals surface area contributed by atoms with E-state index in [0.717, 1.165) is 5.56 Å². The Morgan fingerprint density at radius 3 is 2.69 bits per heavy atom. The third-order valence-corrected chi connectivity index (χ3v) is 2.35. The Morgan fingerprint density at radius 1 is 1.25 bits per heavy atom. The van der Waals surface area contributed by atoms with Crippen molar-refractivity contribution in [1.82, 2.24) is 4.98 Å². The quantitative estimate of drug-likeness (QED) is 0.834. The van der Waals surface area contributed by atoms with E-state index in [0.29, 0.717) is 16.8 Å². The van der Waals surface area contributed by atoms with E-state index in [2.05, 4.69) is 4.98 Å². The number of benzene rings is 1. The van der Waals surface area contributed by atoms with Gasteiger partial charge in [0.15, 0.2) is 0 Å². The zero-order valence-corrected chi connectivity index (χ0v) is 8.84. The van der Waals surface area contributed by atoms with Crippen LogP contribution < -0.4 is 0 Å². The monoisotopic (exact) mass is 213 g/mol. The second-order valence-electron chi connectivity index (χ2n) is 3.57. The molecule has 80 valence electrons. The molecule has 1 N–H and O–H groups in total. The lowest BCUT2D eigenvalue weighted by molar-refractivity contribution is 0.0697. The summed E-state index contributed by atoms with van der Waals surface area (Å²) in [7, 11) is 0. The van der Waals surface area contributed by atoms with Crippen molar-refractivity contribution in [2.24, 2.45) is 0 Å². The lowest BCUT2D eigenvalue weighted by Gasteiger charge is -2.06. The van der Waals surface area contributed by atoms with Crippen LogP contribution in [-0.4, -0.2) is 16.1 Å². The maximum atomic E-state index is 11.1. The Hall–Kier alpha value is -2.16. The summed E-state index contributed by atoms with van der Waals surface area (Å²) in [5.41, 5.74) is 2.55. The fourth-order valence-electron chi connectivity index (χ4n) is 1.58. The molecule has 0 atom stereocenters. The highest BCUT2D eigenvalue weighted by molar-refractivity contribution is 5.95. The molecule has 0 saturated carbocycles. The Balaban J connectivity index is 2.61. The molecule has 0 radical (unpaired) electrons. The average molecular weight is 213 g/mol. The third-order valence-electron chi connectivity index (χ3n) is 2.35. The molecule has 0 bridgehead atoms. The molecule has 0 spiro atoms. The van der Waals surface area contributed by atoms with Gasteiger partial charge >= 0.3 is 5.97 Å². The molecule has 1 heterocycles. The van der Waals surface area contributed by atoms with Crippen molar-refractivity contribution in [3.8, 4) is 11.3 Å². The van der Waals surface area contributed by atoms with Gasteiger partial charge in [-0.25, -0.2) is 4.79 Å². The van der Waals surface area contributed by atoms with Crippen molar-refractivity contribution >= 4 is 5.97 Å². The van der Waals surface area contributed by atoms with Crippen molar-refractivity contribution in [2.45, 2.75) is 6.92 Å². The minimum Gasteiger partial charge on any atom is -0.478 e. The van der Waals surface area contributed by atoms with Gasteiger partial charge in [-0.1, -0.05) is 23.8 Å². The van der Waals surface area contributed by atoms with Crippen LogP contribution in [-0.2, 0) is 0 Å². The summed E-state index contributed by atoms with van der Waals surface area (Å²) >= 11 is 0. The minimum atomic E-state index is -0.927. The van der Waals surface area contributed by atoms with Crippen molar-refractivity contribution < 1.29 is 9.90 Å². The zero-order chi connectivity index (χ0) is 11.5. The van der Waals surface area contributed by atoms with Crippen LogP contribution >= 0.6 is 0 Å². The molecule has 2 aromatic rings. The number of nitrogens with zero attached hydrogens (tertiary/aromatic N) is 1. The van der Waals surface area contributed by atoms with Crippen molar-refractivity contribution in [2.75, 3.05) is 0 Å². The first-order chi connectivity index (χ1) is 7.68. The van der Waals surface area contributed by atoms with E-state index < -0.39 is 5.97 Å². The van der Waals surface area contributed by atoms with Gasteiger partial charge in [0.2, 0.25) is 0 Å². The number of carboxylic acid groups (broad SMARTS) is 1. The summed E-state index contributed by atoms with van der Waals surface area (Å²) in [4.78, 5) is 15.3. The summed E-state index contributed by atoms with van der Waals surface area (Å²) in [5.74, 6) is -0.927. The molecule has 3 nitrogen and oxygen atoms in total. The van der Waals surface area contributed by atoms with Gasteiger partial charge in [0.05, 0.1) is 11.3 Å². The van der Waals surface area contributed by atoms with Crippen LogP contribution in [0.4, 0.5) is 0 Å². The second-order valence-corrected chi connectivity index (χ2v) is 3.57. The maximum Gasteiger partial charge on any atom is 0.336 e. The number of carbonyl (C=O) groups is 1. The molecule has 0 fully saturated rings. The molecular weight excluding hydrogens is 202 g/mol. The fraction of sp³-hybridized carbons (Fsp3) is 0.0769. The highest BCUT2D eigenvalue weighted by atomic mass is 16.4. The van der Waals surface area contributed by atoms with Gasteiger partial charge in [-0.05, 0) is 25.1 Å². The van der Waals surface area contributed by atoms with Crippen LogP contribution in [0, 0.1) is 6.92 Å². The van der Waals surface area contributed by atoms with E-state index >= 15 is 0 Å². The van der Waals surface area contributed by atoms with Crippen LogP contribution in [0.1, 0.15) is 15.9 Å². The lowest BCUT2D eigenvalue weighted by atomic mass is 10.0. The molecule has 0 aliphatic heterocycles. The highest BCUT2D eigenvalue weighted by Crippen LogP contribution is 2.22. The van der Waals surface area contributed by atoms with E-state index in [1.165, 1.54) is 0 Å². The highest BCUT2D eigenvalue weighted by Gasteiger charge is 2.12. The van der Waals surface area contributed by atoms with E-state index in [-0.39, 0.29) is 0 Å². The van der Waals surface area contributed by atoms with Crippen LogP contribution in [0.3, 0.4) is 0 Å². The van der Waals surface area contributed by atoms with Gasteiger partial charge in [-0.2, -0.15) is 0 Å². The number of hydrogen-bond donors (Lipinski definition) is 1.